The highest BCUT2D eigenvalue weighted by Gasteiger charge is 2.17. The summed E-state index contributed by atoms with van der Waals surface area (Å²) < 4.78 is 2.01. The standard InChI is InChI=1S/C11H21N3/c1-4-6-10(12)11(5-2)14-8-9(3)7-13-14/h7-8,10-11H,4-6,12H2,1-3H3. The third-order valence-corrected chi connectivity index (χ3v) is 2.60. The minimum absolute atomic E-state index is 0.226. The second-order valence-electron chi connectivity index (χ2n) is 3.93. The molecule has 0 saturated heterocycles. The van der Waals surface area contributed by atoms with Gasteiger partial charge in [-0.2, -0.15) is 5.10 Å². The van der Waals surface area contributed by atoms with Crippen molar-refractivity contribution in [3.05, 3.63) is 18.0 Å². The molecular weight excluding hydrogens is 174 g/mol. The first-order valence-electron chi connectivity index (χ1n) is 5.45. The number of aryl methyl sites for hydroxylation is 1. The fourth-order valence-corrected chi connectivity index (χ4v) is 1.83. The fraction of sp³-hybridized carbons (Fsp3) is 0.727. The quantitative estimate of drug-likeness (QED) is 0.783. The predicted octanol–water partition coefficient (Wildman–Crippen LogP) is 2.27. The summed E-state index contributed by atoms with van der Waals surface area (Å²) in [5.74, 6) is 0. The largest absolute Gasteiger partial charge is 0.326 e. The average molecular weight is 195 g/mol. The van der Waals surface area contributed by atoms with Crippen LogP contribution in [-0.4, -0.2) is 15.8 Å². The molecule has 0 aliphatic heterocycles. The van der Waals surface area contributed by atoms with Gasteiger partial charge in [0.05, 0.1) is 12.2 Å². The van der Waals surface area contributed by atoms with Crippen molar-refractivity contribution in [3.8, 4) is 0 Å². The van der Waals surface area contributed by atoms with Crippen LogP contribution < -0.4 is 5.73 Å². The first-order valence-corrected chi connectivity index (χ1v) is 5.45. The highest BCUT2D eigenvalue weighted by Crippen LogP contribution is 2.17. The topological polar surface area (TPSA) is 43.8 Å². The molecule has 1 rings (SSSR count). The van der Waals surface area contributed by atoms with Crippen LogP contribution in [0.2, 0.25) is 0 Å². The van der Waals surface area contributed by atoms with Gasteiger partial charge in [-0.05, 0) is 25.3 Å². The van der Waals surface area contributed by atoms with Crippen molar-refractivity contribution in [3.63, 3.8) is 0 Å². The van der Waals surface area contributed by atoms with Crippen molar-refractivity contribution in [1.29, 1.82) is 0 Å². The zero-order valence-corrected chi connectivity index (χ0v) is 9.40. The van der Waals surface area contributed by atoms with Crippen LogP contribution in [0.4, 0.5) is 0 Å². The van der Waals surface area contributed by atoms with E-state index in [2.05, 4.69) is 32.1 Å². The minimum Gasteiger partial charge on any atom is -0.326 e. The predicted molar refractivity (Wildman–Crippen MR) is 59.2 cm³/mol. The molecule has 3 nitrogen and oxygen atoms in total. The number of hydrogen-bond donors (Lipinski definition) is 1. The molecule has 3 heteroatoms. The molecule has 2 N–H and O–H groups in total. The van der Waals surface area contributed by atoms with Gasteiger partial charge in [0.15, 0.2) is 0 Å². The van der Waals surface area contributed by atoms with Gasteiger partial charge in [-0.25, -0.2) is 0 Å². The van der Waals surface area contributed by atoms with E-state index < -0.39 is 0 Å². The van der Waals surface area contributed by atoms with E-state index in [9.17, 15) is 0 Å². The van der Waals surface area contributed by atoms with Crippen molar-refractivity contribution >= 4 is 0 Å². The molecule has 0 aromatic carbocycles. The smallest absolute Gasteiger partial charge is 0.0667 e. The lowest BCUT2D eigenvalue weighted by molar-refractivity contribution is 0.350. The van der Waals surface area contributed by atoms with E-state index in [0.717, 1.165) is 19.3 Å². The summed E-state index contributed by atoms with van der Waals surface area (Å²) in [5.41, 5.74) is 7.32. The molecule has 80 valence electrons. The molecule has 0 radical (unpaired) electrons. The third-order valence-electron chi connectivity index (χ3n) is 2.60. The van der Waals surface area contributed by atoms with Crippen LogP contribution in [-0.2, 0) is 0 Å². The van der Waals surface area contributed by atoms with Crippen LogP contribution in [0.25, 0.3) is 0 Å². The highest BCUT2D eigenvalue weighted by atomic mass is 15.3. The van der Waals surface area contributed by atoms with E-state index in [1.54, 1.807) is 0 Å². The molecular formula is C11H21N3. The summed E-state index contributed by atoms with van der Waals surface area (Å²) in [6, 6.07) is 0.577. The fourth-order valence-electron chi connectivity index (χ4n) is 1.83. The van der Waals surface area contributed by atoms with E-state index in [1.165, 1.54) is 5.56 Å². The van der Waals surface area contributed by atoms with Crippen molar-refractivity contribution < 1.29 is 0 Å². The molecule has 0 spiro atoms. The lowest BCUT2D eigenvalue weighted by Gasteiger charge is -2.22. The van der Waals surface area contributed by atoms with Crippen LogP contribution in [0, 0.1) is 6.92 Å². The Morgan fingerprint density at radius 2 is 2.21 bits per heavy atom. The Labute approximate surface area is 86.3 Å². The Balaban J connectivity index is 2.71. The van der Waals surface area contributed by atoms with E-state index in [4.69, 9.17) is 5.73 Å². The molecule has 2 atom stereocenters. The van der Waals surface area contributed by atoms with Gasteiger partial charge in [0.1, 0.15) is 0 Å². The zero-order valence-electron chi connectivity index (χ0n) is 9.40. The summed E-state index contributed by atoms with van der Waals surface area (Å²) in [6.45, 7) is 6.39. The average Bonchev–Trinajstić information content (AvgIpc) is 2.54. The number of nitrogens with two attached hydrogens (primary N) is 1. The van der Waals surface area contributed by atoms with Gasteiger partial charge in [-0.15, -0.1) is 0 Å². The Kier molecular flexibility index (Phi) is 4.14. The van der Waals surface area contributed by atoms with E-state index in [1.807, 2.05) is 10.9 Å². The lowest BCUT2D eigenvalue weighted by atomic mass is 10.0. The molecule has 1 aromatic heterocycles. The van der Waals surface area contributed by atoms with Crippen LogP contribution in [0.5, 0.6) is 0 Å². The summed E-state index contributed by atoms with van der Waals surface area (Å²) in [6.07, 6.45) is 7.21. The molecule has 1 heterocycles. The van der Waals surface area contributed by atoms with Crippen molar-refractivity contribution in [2.24, 2.45) is 5.73 Å². The van der Waals surface area contributed by atoms with Crippen LogP contribution in [0.15, 0.2) is 12.4 Å². The Bertz CT molecular complexity index is 267. The van der Waals surface area contributed by atoms with Gasteiger partial charge >= 0.3 is 0 Å². The molecule has 0 amide bonds. The van der Waals surface area contributed by atoms with Gasteiger partial charge in [-0.1, -0.05) is 20.3 Å². The zero-order chi connectivity index (χ0) is 10.6. The third kappa shape index (κ3) is 2.58. The number of nitrogens with zero attached hydrogens (tertiary/aromatic N) is 2. The van der Waals surface area contributed by atoms with Crippen LogP contribution >= 0.6 is 0 Å². The highest BCUT2D eigenvalue weighted by molar-refractivity contribution is 5.01. The summed E-state index contributed by atoms with van der Waals surface area (Å²) >= 11 is 0. The SMILES string of the molecule is CCCC(N)C(CC)n1cc(C)cn1. The number of aromatic nitrogens is 2. The molecule has 2 unspecified atom stereocenters. The van der Waals surface area contributed by atoms with Gasteiger partial charge in [0, 0.05) is 12.2 Å². The van der Waals surface area contributed by atoms with Crippen LogP contribution in [0.3, 0.4) is 0 Å². The summed E-state index contributed by atoms with van der Waals surface area (Å²) in [4.78, 5) is 0. The first kappa shape index (κ1) is 11.2. The van der Waals surface area contributed by atoms with Crippen molar-refractivity contribution in [1.82, 2.24) is 9.78 Å². The van der Waals surface area contributed by atoms with Gasteiger partial charge in [0.25, 0.3) is 0 Å². The molecule has 1 aromatic rings. The maximum Gasteiger partial charge on any atom is 0.0667 e. The minimum atomic E-state index is 0.226. The summed E-state index contributed by atoms with van der Waals surface area (Å²) in [7, 11) is 0. The maximum absolute atomic E-state index is 6.12. The molecule has 0 aliphatic carbocycles. The molecule has 0 aliphatic rings. The molecule has 0 fully saturated rings. The molecule has 0 bridgehead atoms. The van der Waals surface area contributed by atoms with Crippen molar-refractivity contribution in [2.45, 2.75) is 52.1 Å². The number of hydrogen-bond acceptors (Lipinski definition) is 2. The first-order chi connectivity index (χ1) is 6.69. The van der Waals surface area contributed by atoms with E-state index in [-0.39, 0.29) is 6.04 Å². The number of rotatable bonds is 5. The van der Waals surface area contributed by atoms with E-state index in [0.29, 0.717) is 6.04 Å². The summed E-state index contributed by atoms with van der Waals surface area (Å²) in [5, 5.41) is 4.33. The van der Waals surface area contributed by atoms with Gasteiger partial charge < -0.3 is 5.73 Å². The molecule has 0 saturated carbocycles. The second kappa shape index (κ2) is 5.15. The van der Waals surface area contributed by atoms with Gasteiger partial charge in [0.2, 0.25) is 0 Å². The lowest BCUT2D eigenvalue weighted by Crippen LogP contribution is -2.32. The normalized spacial score (nSPS) is 15.4. The van der Waals surface area contributed by atoms with Gasteiger partial charge in [-0.3, -0.25) is 4.68 Å². The Morgan fingerprint density at radius 1 is 1.50 bits per heavy atom. The monoisotopic (exact) mass is 195 g/mol. The van der Waals surface area contributed by atoms with Crippen LogP contribution in [0.1, 0.15) is 44.7 Å². The Hall–Kier alpha value is -0.830. The second-order valence-corrected chi connectivity index (χ2v) is 3.93. The molecule has 14 heavy (non-hydrogen) atoms. The van der Waals surface area contributed by atoms with E-state index >= 15 is 0 Å². The van der Waals surface area contributed by atoms with Crippen molar-refractivity contribution in [2.75, 3.05) is 0 Å². The maximum atomic E-state index is 6.12. The Morgan fingerprint density at radius 3 is 2.64 bits per heavy atom.